The lowest BCUT2D eigenvalue weighted by molar-refractivity contribution is -0.156. The van der Waals surface area contributed by atoms with E-state index in [1.165, 1.54) is 25.7 Å². The van der Waals surface area contributed by atoms with Crippen LogP contribution in [0.1, 0.15) is 32.6 Å². The monoisotopic (exact) mass is 143 g/mol. The van der Waals surface area contributed by atoms with Crippen molar-refractivity contribution in [1.29, 1.82) is 0 Å². The van der Waals surface area contributed by atoms with Crippen molar-refractivity contribution in [2.75, 3.05) is 13.7 Å². The average molecular weight is 143 g/mol. The van der Waals surface area contributed by atoms with E-state index in [0.717, 1.165) is 6.54 Å². The Bertz CT molecular complexity index is 85.3. The number of hydrogen-bond acceptors (Lipinski definition) is 2. The van der Waals surface area contributed by atoms with Gasteiger partial charge < -0.3 is 4.84 Å². The quantitative estimate of drug-likeness (QED) is 0.559. The molecule has 0 spiro atoms. The van der Waals surface area contributed by atoms with Crippen molar-refractivity contribution in [3.63, 3.8) is 0 Å². The zero-order valence-corrected chi connectivity index (χ0v) is 6.97. The van der Waals surface area contributed by atoms with E-state index in [4.69, 9.17) is 4.84 Å². The van der Waals surface area contributed by atoms with E-state index in [-0.39, 0.29) is 0 Å². The van der Waals surface area contributed by atoms with E-state index in [2.05, 4.69) is 12.0 Å². The van der Waals surface area contributed by atoms with E-state index < -0.39 is 0 Å². The van der Waals surface area contributed by atoms with Crippen molar-refractivity contribution >= 4 is 0 Å². The standard InChI is InChI=1S/C8H17NO/c1-3-9(10-2)8-6-4-5-7-8/h8H,3-7H2,1-2H3. The minimum atomic E-state index is 0.704. The Morgan fingerprint density at radius 2 is 2.00 bits per heavy atom. The largest absolute Gasteiger partial charge is 0.302 e. The first kappa shape index (κ1) is 8.02. The Morgan fingerprint density at radius 1 is 1.40 bits per heavy atom. The van der Waals surface area contributed by atoms with Gasteiger partial charge in [-0.15, -0.1) is 0 Å². The minimum absolute atomic E-state index is 0.704. The summed E-state index contributed by atoms with van der Waals surface area (Å²) in [4.78, 5) is 5.22. The number of nitrogens with zero attached hydrogens (tertiary/aromatic N) is 1. The Hall–Kier alpha value is -0.0800. The molecule has 2 nitrogen and oxygen atoms in total. The lowest BCUT2D eigenvalue weighted by atomic mass is 10.2. The van der Waals surface area contributed by atoms with Gasteiger partial charge in [0.05, 0.1) is 7.11 Å². The fourth-order valence-corrected chi connectivity index (χ4v) is 1.73. The third-order valence-corrected chi connectivity index (χ3v) is 2.28. The highest BCUT2D eigenvalue weighted by molar-refractivity contribution is 4.72. The van der Waals surface area contributed by atoms with E-state index in [9.17, 15) is 0 Å². The van der Waals surface area contributed by atoms with Crippen molar-refractivity contribution in [3.8, 4) is 0 Å². The number of hydrogen-bond donors (Lipinski definition) is 0. The SMILES string of the molecule is CCN(OC)C1CCCC1. The predicted molar refractivity (Wildman–Crippen MR) is 41.6 cm³/mol. The summed E-state index contributed by atoms with van der Waals surface area (Å²) in [6.07, 6.45) is 5.40. The predicted octanol–water partition coefficient (Wildman–Crippen LogP) is 1.81. The van der Waals surface area contributed by atoms with Crippen LogP contribution in [0.2, 0.25) is 0 Å². The van der Waals surface area contributed by atoms with Crippen LogP contribution in [0.4, 0.5) is 0 Å². The van der Waals surface area contributed by atoms with E-state index in [1.54, 1.807) is 7.11 Å². The summed E-state index contributed by atoms with van der Waals surface area (Å²) in [5.41, 5.74) is 0. The molecule has 0 unspecified atom stereocenters. The van der Waals surface area contributed by atoms with Crippen LogP contribution in [-0.2, 0) is 4.84 Å². The molecule has 1 aliphatic rings. The van der Waals surface area contributed by atoms with Crippen molar-refractivity contribution < 1.29 is 4.84 Å². The molecule has 0 N–H and O–H groups in total. The minimum Gasteiger partial charge on any atom is -0.302 e. The van der Waals surface area contributed by atoms with Gasteiger partial charge in [-0.2, -0.15) is 5.06 Å². The molecule has 0 radical (unpaired) electrons. The molecule has 0 aromatic heterocycles. The van der Waals surface area contributed by atoms with Gasteiger partial charge in [0.15, 0.2) is 0 Å². The van der Waals surface area contributed by atoms with Gasteiger partial charge in [0, 0.05) is 12.6 Å². The Kier molecular flexibility index (Phi) is 3.16. The van der Waals surface area contributed by atoms with Crippen LogP contribution in [0.15, 0.2) is 0 Å². The summed E-state index contributed by atoms with van der Waals surface area (Å²) in [7, 11) is 1.77. The Morgan fingerprint density at radius 3 is 2.40 bits per heavy atom. The third kappa shape index (κ3) is 1.70. The van der Waals surface area contributed by atoms with Gasteiger partial charge in [0.1, 0.15) is 0 Å². The van der Waals surface area contributed by atoms with Gasteiger partial charge in [-0.25, -0.2) is 0 Å². The van der Waals surface area contributed by atoms with Crippen LogP contribution in [0, 0.1) is 0 Å². The number of hydroxylamine groups is 2. The van der Waals surface area contributed by atoms with Gasteiger partial charge >= 0.3 is 0 Å². The lowest BCUT2D eigenvalue weighted by Gasteiger charge is -2.23. The lowest BCUT2D eigenvalue weighted by Crippen LogP contribution is -2.31. The molecule has 0 amide bonds. The van der Waals surface area contributed by atoms with Gasteiger partial charge in [0.2, 0.25) is 0 Å². The van der Waals surface area contributed by atoms with Crippen molar-refractivity contribution in [2.45, 2.75) is 38.6 Å². The molecular weight excluding hydrogens is 126 g/mol. The maximum Gasteiger partial charge on any atom is 0.0575 e. The molecule has 60 valence electrons. The number of rotatable bonds is 3. The van der Waals surface area contributed by atoms with Crippen LogP contribution in [0.3, 0.4) is 0 Å². The summed E-state index contributed by atoms with van der Waals surface area (Å²) in [5.74, 6) is 0. The first-order valence-electron chi connectivity index (χ1n) is 4.19. The fraction of sp³-hybridized carbons (Fsp3) is 1.00. The molecule has 1 fully saturated rings. The maximum atomic E-state index is 5.22. The molecule has 0 aliphatic heterocycles. The maximum absolute atomic E-state index is 5.22. The molecule has 10 heavy (non-hydrogen) atoms. The molecule has 0 bridgehead atoms. The van der Waals surface area contributed by atoms with Crippen molar-refractivity contribution in [2.24, 2.45) is 0 Å². The molecule has 0 heterocycles. The molecular formula is C8H17NO. The zero-order valence-electron chi connectivity index (χ0n) is 6.97. The second-order valence-electron chi connectivity index (χ2n) is 2.85. The van der Waals surface area contributed by atoms with Crippen molar-refractivity contribution in [3.05, 3.63) is 0 Å². The normalized spacial score (nSPS) is 20.7. The summed E-state index contributed by atoms with van der Waals surface area (Å²) >= 11 is 0. The van der Waals surface area contributed by atoms with E-state index >= 15 is 0 Å². The Balaban J connectivity index is 2.29. The molecule has 0 aromatic carbocycles. The summed E-state index contributed by atoms with van der Waals surface area (Å²) in [5, 5.41) is 2.09. The van der Waals surface area contributed by atoms with Crippen molar-refractivity contribution in [1.82, 2.24) is 5.06 Å². The molecule has 1 saturated carbocycles. The summed E-state index contributed by atoms with van der Waals surface area (Å²) in [6, 6.07) is 0.704. The summed E-state index contributed by atoms with van der Waals surface area (Å²) in [6.45, 7) is 3.16. The molecule has 0 atom stereocenters. The van der Waals surface area contributed by atoms with Gasteiger partial charge in [0.25, 0.3) is 0 Å². The smallest absolute Gasteiger partial charge is 0.0575 e. The van der Waals surface area contributed by atoms with E-state index in [1.807, 2.05) is 0 Å². The van der Waals surface area contributed by atoms with Crippen LogP contribution in [-0.4, -0.2) is 24.8 Å². The van der Waals surface area contributed by atoms with Gasteiger partial charge in [-0.3, -0.25) is 0 Å². The molecule has 2 heteroatoms. The highest BCUT2D eigenvalue weighted by Crippen LogP contribution is 2.22. The third-order valence-electron chi connectivity index (χ3n) is 2.28. The van der Waals surface area contributed by atoms with Crippen LogP contribution >= 0.6 is 0 Å². The van der Waals surface area contributed by atoms with Gasteiger partial charge in [-0.1, -0.05) is 19.8 Å². The second-order valence-corrected chi connectivity index (χ2v) is 2.85. The first-order chi connectivity index (χ1) is 4.88. The van der Waals surface area contributed by atoms with Crippen LogP contribution in [0.25, 0.3) is 0 Å². The van der Waals surface area contributed by atoms with Gasteiger partial charge in [-0.05, 0) is 12.8 Å². The topological polar surface area (TPSA) is 12.5 Å². The first-order valence-corrected chi connectivity index (χ1v) is 4.19. The molecule has 0 aromatic rings. The average Bonchev–Trinajstić information content (AvgIpc) is 2.43. The van der Waals surface area contributed by atoms with E-state index in [0.29, 0.717) is 6.04 Å². The fourth-order valence-electron chi connectivity index (χ4n) is 1.73. The Labute approximate surface area is 63.1 Å². The highest BCUT2D eigenvalue weighted by atomic mass is 16.7. The van der Waals surface area contributed by atoms with Crippen LogP contribution in [0.5, 0.6) is 0 Å². The summed E-state index contributed by atoms with van der Waals surface area (Å²) < 4.78 is 0. The molecule has 1 aliphatic carbocycles. The second kappa shape index (κ2) is 3.94. The molecule has 0 saturated heterocycles. The zero-order chi connectivity index (χ0) is 7.40. The molecule has 1 rings (SSSR count). The highest BCUT2D eigenvalue weighted by Gasteiger charge is 2.20. The van der Waals surface area contributed by atoms with Crippen LogP contribution < -0.4 is 0 Å².